The molecule has 0 fully saturated rings. The number of anilines is 3. The van der Waals surface area contributed by atoms with Crippen LogP contribution >= 0.6 is 0 Å². The fraction of sp³-hybridized carbons (Fsp3) is 0.100. The summed E-state index contributed by atoms with van der Waals surface area (Å²) < 4.78 is 6.15. The zero-order valence-electron chi connectivity index (χ0n) is 29.8. The molecule has 7 aromatic carbocycles. The number of benzene rings is 7. The van der Waals surface area contributed by atoms with Gasteiger partial charge in [0.1, 0.15) is 5.52 Å². The summed E-state index contributed by atoms with van der Waals surface area (Å²) >= 11 is 0. The number of aromatic nitrogens is 1. The molecule has 0 amide bonds. The molecule has 3 heteroatoms. The molecule has 0 saturated carbocycles. The standard InChI is InChI=1S/C50H38N2O/c1-50(2)45-16-10-9-15-43(45)44-32-41(27-29-46(44)50)52(39-23-17-34(18-24-39)33-11-5-3-6-12-33)40-25-19-35(20-26-40)37-21-28-42-38(31-37)22-30-47-48(42)51-49(53-47)36-13-7-4-8-14-36/h3-32,43,45H,1-2H3. The van der Waals surface area contributed by atoms with Crippen molar-refractivity contribution in [2.24, 2.45) is 5.92 Å². The fourth-order valence-corrected chi connectivity index (χ4v) is 8.61. The van der Waals surface area contributed by atoms with Crippen LogP contribution in [0, 0.1) is 5.92 Å². The van der Waals surface area contributed by atoms with Crippen molar-refractivity contribution in [3.05, 3.63) is 193 Å². The summed E-state index contributed by atoms with van der Waals surface area (Å²) in [6.07, 6.45) is 9.20. The van der Waals surface area contributed by atoms with Gasteiger partial charge in [0.25, 0.3) is 0 Å². The Hall–Kier alpha value is -6.45. The first-order chi connectivity index (χ1) is 26.0. The second-order valence-corrected chi connectivity index (χ2v) is 14.8. The van der Waals surface area contributed by atoms with Crippen molar-refractivity contribution < 1.29 is 4.42 Å². The molecule has 1 aromatic heterocycles. The maximum Gasteiger partial charge on any atom is 0.227 e. The van der Waals surface area contributed by atoms with Gasteiger partial charge in [0.2, 0.25) is 5.89 Å². The van der Waals surface area contributed by atoms with E-state index in [2.05, 4.69) is 164 Å². The highest BCUT2D eigenvalue weighted by Crippen LogP contribution is 2.54. The van der Waals surface area contributed by atoms with Gasteiger partial charge in [0, 0.05) is 33.9 Å². The largest absolute Gasteiger partial charge is 0.436 e. The molecule has 3 nitrogen and oxygen atoms in total. The molecule has 0 radical (unpaired) electrons. The Labute approximate surface area is 310 Å². The van der Waals surface area contributed by atoms with E-state index in [1.54, 1.807) is 0 Å². The maximum atomic E-state index is 6.15. The molecule has 10 rings (SSSR count). The Morgan fingerprint density at radius 1 is 0.547 bits per heavy atom. The minimum Gasteiger partial charge on any atom is -0.436 e. The lowest BCUT2D eigenvalue weighted by Crippen LogP contribution is -2.24. The van der Waals surface area contributed by atoms with Crippen LogP contribution in [-0.4, -0.2) is 4.98 Å². The number of hydrogen-bond donors (Lipinski definition) is 0. The van der Waals surface area contributed by atoms with Crippen molar-refractivity contribution in [3.63, 3.8) is 0 Å². The van der Waals surface area contributed by atoms with E-state index in [-0.39, 0.29) is 5.41 Å². The summed E-state index contributed by atoms with van der Waals surface area (Å²) in [6.45, 7) is 4.78. The highest BCUT2D eigenvalue weighted by molar-refractivity contribution is 6.05. The lowest BCUT2D eigenvalue weighted by Gasteiger charge is -2.29. The predicted octanol–water partition coefficient (Wildman–Crippen LogP) is 13.6. The molecule has 0 bridgehead atoms. The maximum absolute atomic E-state index is 6.15. The van der Waals surface area contributed by atoms with Crippen LogP contribution in [0.25, 0.3) is 55.6 Å². The minimum atomic E-state index is 0.0765. The summed E-state index contributed by atoms with van der Waals surface area (Å²) in [5.74, 6) is 1.49. The van der Waals surface area contributed by atoms with Crippen molar-refractivity contribution in [1.82, 2.24) is 4.98 Å². The first kappa shape index (κ1) is 31.3. The van der Waals surface area contributed by atoms with Crippen LogP contribution in [0.3, 0.4) is 0 Å². The molecule has 2 unspecified atom stereocenters. The van der Waals surface area contributed by atoms with Gasteiger partial charge >= 0.3 is 0 Å². The second kappa shape index (κ2) is 12.4. The number of nitrogens with zero attached hydrogens (tertiary/aromatic N) is 2. The SMILES string of the molecule is CC1(C)c2ccc(N(c3ccc(-c4ccccc4)cc3)c3ccc(-c4ccc5c(ccc6oc(-c7ccccc7)nc65)c4)cc3)cc2C2C=CC=CC21. The lowest BCUT2D eigenvalue weighted by atomic mass is 9.74. The molecular formula is C50H38N2O. The highest BCUT2D eigenvalue weighted by Gasteiger charge is 2.44. The van der Waals surface area contributed by atoms with Crippen molar-refractivity contribution in [2.75, 3.05) is 4.90 Å². The summed E-state index contributed by atoms with van der Waals surface area (Å²) in [7, 11) is 0. The normalized spacial score (nSPS) is 16.9. The van der Waals surface area contributed by atoms with Crippen LogP contribution in [0.4, 0.5) is 17.1 Å². The molecule has 8 aromatic rings. The van der Waals surface area contributed by atoms with Crippen LogP contribution in [0.2, 0.25) is 0 Å². The summed E-state index contributed by atoms with van der Waals surface area (Å²) in [6, 6.07) is 56.5. The van der Waals surface area contributed by atoms with E-state index in [0.29, 0.717) is 17.7 Å². The van der Waals surface area contributed by atoms with Gasteiger partial charge in [-0.1, -0.05) is 135 Å². The Bertz CT molecular complexity index is 2680. The first-order valence-corrected chi connectivity index (χ1v) is 18.5. The Kier molecular flexibility index (Phi) is 7.29. The topological polar surface area (TPSA) is 29.3 Å². The summed E-state index contributed by atoms with van der Waals surface area (Å²) in [5.41, 5.74) is 13.8. The van der Waals surface area contributed by atoms with E-state index < -0.39 is 0 Å². The Balaban J connectivity index is 1.03. The van der Waals surface area contributed by atoms with Gasteiger partial charge < -0.3 is 9.32 Å². The number of rotatable bonds is 6. The number of allylic oxidation sites excluding steroid dienone is 4. The average Bonchev–Trinajstić information content (AvgIpc) is 3.76. The van der Waals surface area contributed by atoms with Gasteiger partial charge in [-0.15, -0.1) is 0 Å². The molecule has 1 heterocycles. The van der Waals surface area contributed by atoms with E-state index >= 15 is 0 Å². The Morgan fingerprint density at radius 3 is 1.87 bits per heavy atom. The molecule has 254 valence electrons. The van der Waals surface area contributed by atoms with Crippen LogP contribution in [0.5, 0.6) is 0 Å². The van der Waals surface area contributed by atoms with Crippen LogP contribution in [-0.2, 0) is 5.41 Å². The summed E-state index contributed by atoms with van der Waals surface area (Å²) in [5, 5.41) is 2.22. The van der Waals surface area contributed by atoms with E-state index in [0.717, 1.165) is 49.9 Å². The van der Waals surface area contributed by atoms with Gasteiger partial charge in [0.05, 0.1) is 0 Å². The first-order valence-electron chi connectivity index (χ1n) is 18.5. The molecule has 0 aliphatic heterocycles. The van der Waals surface area contributed by atoms with Crippen molar-refractivity contribution in [3.8, 4) is 33.7 Å². The van der Waals surface area contributed by atoms with Gasteiger partial charge in [0.15, 0.2) is 5.58 Å². The van der Waals surface area contributed by atoms with Crippen molar-refractivity contribution in [2.45, 2.75) is 25.2 Å². The molecule has 0 N–H and O–H groups in total. The molecular weight excluding hydrogens is 645 g/mol. The van der Waals surface area contributed by atoms with Crippen molar-refractivity contribution >= 4 is 38.9 Å². The van der Waals surface area contributed by atoms with Crippen LogP contribution in [0.1, 0.15) is 30.9 Å². The van der Waals surface area contributed by atoms with E-state index in [1.807, 2.05) is 36.4 Å². The van der Waals surface area contributed by atoms with E-state index in [4.69, 9.17) is 9.40 Å². The zero-order valence-corrected chi connectivity index (χ0v) is 29.8. The molecule has 2 aliphatic carbocycles. The second-order valence-electron chi connectivity index (χ2n) is 14.8. The monoisotopic (exact) mass is 682 g/mol. The molecule has 53 heavy (non-hydrogen) atoms. The minimum absolute atomic E-state index is 0.0765. The van der Waals surface area contributed by atoms with E-state index in [9.17, 15) is 0 Å². The lowest BCUT2D eigenvalue weighted by molar-refractivity contribution is 0.394. The van der Waals surface area contributed by atoms with Crippen LogP contribution in [0.15, 0.2) is 186 Å². The number of oxazole rings is 1. The Morgan fingerprint density at radius 2 is 1.15 bits per heavy atom. The predicted molar refractivity (Wildman–Crippen MR) is 220 cm³/mol. The van der Waals surface area contributed by atoms with Gasteiger partial charge in [-0.3, -0.25) is 0 Å². The molecule has 0 saturated heterocycles. The fourth-order valence-electron chi connectivity index (χ4n) is 8.61. The van der Waals surface area contributed by atoms with Gasteiger partial charge in [-0.25, -0.2) is 4.98 Å². The third-order valence-corrected chi connectivity index (χ3v) is 11.4. The zero-order chi connectivity index (χ0) is 35.5. The smallest absolute Gasteiger partial charge is 0.227 e. The summed E-state index contributed by atoms with van der Waals surface area (Å²) in [4.78, 5) is 7.29. The third kappa shape index (κ3) is 5.31. The third-order valence-electron chi connectivity index (χ3n) is 11.4. The van der Waals surface area contributed by atoms with Crippen molar-refractivity contribution in [1.29, 1.82) is 0 Å². The molecule has 2 atom stereocenters. The van der Waals surface area contributed by atoms with Gasteiger partial charge in [-0.2, -0.15) is 0 Å². The van der Waals surface area contributed by atoms with E-state index in [1.165, 1.54) is 27.9 Å². The highest BCUT2D eigenvalue weighted by atomic mass is 16.3. The van der Waals surface area contributed by atoms with Gasteiger partial charge in [-0.05, 0) is 111 Å². The van der Waals surface area contributed by atoms with Crippen LogP contribution < -0.4 is 4.90 Å². The molecule has 0 spiro atoms. The average molecular weight is 683 g/mol. The number of hydrogen-bond acceptors (Lipinski definition) is 3. The molecule has 2 aliphatic rings. The quantitative estimate of drug-likeness (QED) is 0.175. The number of fused-ring (bicyclic) bond motifs is 6.